The average Bonchev–Trinajstić information content (AvgIpc) is 2.98. The van der Waals surface area contributed by atoms with Gasteiger partial charge in [0.25, 0.3) is 5.91 Å². The third-order valence-corrected chi connectivity index (χ3v) is 11.2. The number of benzene rings is 2. The van der Waals surface area contributed by atoms with Crippen molar-refractivity contribution in [2.45, 2.75) is 99.0 Å². The minimum atomic E-state index is -3.67. The molecule has 2 aliphatic carbocycles. The highest BCUT2D eigenvalue weighted by atomic mass is 35.5. The zero-order valence-corrected chi connectivity index (χ0v) is 25.8. The summed E-state index contributed by atoms with van der Waals surface area (Å²) in [5.74, 6) is 0.190. The molecule has 0 bridgehead atoms. The molecule has 0 saturated heterocycles. The number of aryl methyl sites for hydroxylation is 1. The number of nitrogens with zero attached hydrogens (tertiary/aromatic N) is 3. The van der Waals surface area contributed by atoms with Crippen LogP contribution in [0.25, 0.3) is 0 Å². The first-order valence-electron chi connectivity index (χ1n) is 14.5. The van der Waals surface area contributed by atoms with Gasteiger partial charge in [0.15, 0.2) is 10.9 Å². The molecule has 2 saturated carbocycles. The van der Waals surface area contributed by atoms with Crippen LogP contribution < -0.4 is 5.32 Å². The first kappa shape index (κ1) is 30.0. The van der Waals surface area contributed by atoms with Gasteiger partial charge < -0.3 is 5.32 Å². The van der Waals surface area contributed by atoms with Gasteiger partial charge in [0, 0.05) is 23.5 Å². The second-order valence-electron chi connectivity index (χ2n) is 11.0. The van der Waals surface area contributed by atoms with E-state index in [-0.39, 0.29) is 27.7 Å². The molecule has 0 unspecified atom stereocenters. The van der Waals surface area contributed by atoms with Gasteiger partial charge in [-0.1, -0.05) is 91.7 Å². The largest absolute Gasteiger partial charge is 0.321 e. The van der Waals surface area contributed by atoms with E-state index in [9.17, 15) is 13.2 Å². The van der Waals surface area contributed by atoms with Gasteiger partial charge >= 0.3 is 0 Å². The number of carbonyl (C=O) groups excluding carboxylic acids is 1. The summed E-state index contributed by atoms with van der Waals surface area (Å²) in [5.41, 5.74) is 2.86. The Balaban J connectivity index is 1.29. The Morgan fingerprint density at radius 3 is 2.22 bits per heavy atom. The fourth-order valence-corrected chi connectivity index (χ4v) is 8.78. The van der Waals surface area contributed by atoms with Crippen LogP contribution in [0.15, 0.2) is 64.8 Å². The Bertz CT molecular complexity index is 1440. The number of hydrogen-bond donors (Lipinski definition) is 1. The summed E-state index contributed by atoms with van der Waals surface area (Å²) in [4.78, 5) is 22.0. The molecule has 2 fully saturated rings. The molecule has 2 aliphatic rings. The Morgan fingerprint density at radius 2 is 1.61 bits per heavy atom. The quantitative estimate of drug-likeness (QED) is 0.197. The molecule has 0 spiro atoms. The maximum Gasteiger partial charge on any atom is 0.275 e. The van der Waals surface area contributed by atoms with Crippen LogP contribution in [0.1, 0.15) is 85.8 Å². The molecule has 1 amide bonds. The Kier molecular flexibility index (Phi) is 10.0. The monoisotopic (exact) mass is 612 g/mol. The third-order valence-electron chi connectivity index (χ3n) is 7.94. The van der Waals surface area contributed by atoms with Crippen LogP contribution in [-0.4, -0.2) is 40.7 Å². The predicted octanol–water partition coefficient (Wildman–Crippen LogP) is 7.64. The Labute approximate surface area is 252 Å². The van der Waals surface area contributed by atoms with Crippen molar-refractivity contribution in [2.75, 3.05) is 5.32 Å². The van der Waals surface area contributed by atoms with E-state index < -0.39 is 15.9 Å². The van der Waals surface area contributed by atoms with Gasteiger partial charge in [-0.15, -0.1) is 0 Å². The zero-order valence-electron chi connectivity index (χ0n) is 23.4. The minimum Gasteiger partial charge on any atom is -0.321 e. The number of sulfonamides is 1. The summed E-state index contributed by atoms with van der Waals surface area (Å²) in [6.07, 6.45) is 11.8. The van der Waals surface area contributed by atoms with Gasteiger partial charge in [0.2, 0.25) is 10.0 Å². The number of aromatic nitrogens is 2. The van der Waals surface area contributed by atoms with Crippen LogP contribution in [0.4, 0.5) is 5.69 Å². The van der Waals surface area contributed by atoms with Gasteiger partial charge in [0.05, 0.1) is 16.1 Å². The van der Waals surface area contributed by atoms with Crippen LogP contribution in [0.5, 0.6) is 0 Å². The highest BCUT2D eigenvalue weighted by Crippen LogP contribution is 2.35. The maximum atomic E-state index is 14.0. The van der Waals surface area contributed by atoms with Crippen molar-refractivity contribution in [3.8, 4) is 0 Å². The van der Waals surface area contributed by atoms with E-state index in [2.05, 4.69) is 21.4 Å². The van der Waals surface area contributed by atoms with E-state index in [1.807, 2.05) is 29.4 Å². The second-order valence-corrected chi connectivity index (χ2v) is 14.2. The predicted molar refractivity (Wildman–Crippen MR) is 165 cm³/mol. The minimum absolute atomic E-state index is 0.0640. The zero-order chi connectivity index (χ0) is 28.8. The van der Waals surface area contributed by atoms with Crippen molar-refractivity contribution in [3.63, 3.8) is 0 Å². The molecule has 0 aliphatic heterocycles. The average molecular weight is 613 g/mol. The Hall–Kier alpha value is -2.46. The van der Waals surface area contributed by atoms with Crippen LogP contribution in [0.3, 0.4) is 0 Å². The number of thioether (sulfide) groups is 1. The summed E-state index contributed by atoms with van der Waals surface area (Å²) >= 11 is 7.71. The SMILES string of the molecule is Cc1cccc(CSc2ncc(Cl)c(C(=O)Nc3ccc(S(=O)(=O)N(C4CCCCC4)C4CCCCC4)cc3)n2)c1. The van der Waals surface area contributed by atoms with Crippen molar-refractivity contribution in [1.29, 1.82) is 0 Å². The molecule has 10 heteroatoms. The second kappa shape index (κ2) is 13.7. The van der Waals surface area contributed by atoms with Gasteiger partial charge in [-0.05, 0) is 62.4 Å². The topological polar surface area (TPSA) is 92.3 Å². The fraction of sp³-hybridized carbons (Fsp3) is 0.452. The summed E-state index contributed by atoms with van der Waals surface area (Å²) in [6, 6.07) is 14.8. The molecule has 7 nitrogen and oxygen atoms in total. The first-order chi connectivity index (χ1) is 19.8. The highest BCUT2D eigenvalue weighted by molar-refractivity contribution is 7.98. The van der Waals surface area contributed by atoms with Gasteiger partial charge in [0.1, 0.15) is 0 Å². The lowest BCUT2D eigenvalue weighted by molar-refractivity contribution is 0.102. The van der Waals surface area contributed by atoms with Crippen molar-refractivity contribution in [3.05, 3.63) is 76.6 Å². The van der Waals surface area contributed by atoms with E-state index in [4.69, 9.17) is 11.6 Å². The normalized spacial score (nSPS) is 17.0. The summed E-state index contributed by atoms with van der Waals surface area (Å²) < 4.78 is 29.7. The molecule has 0 radical (unpaired) electrons. The lowest BCUT2D eigenvalue weighted by atomic mass is 9.91. The smallest absolute Gasteiger partial charge is 0.275 e. The molecule has 3 aromatic rings. The van der Waals surface area contributed by atoms with Gasteiger partial charge in [-0.25, -0.2) is 18.4 Å². The molecule has 41 heavy (non-hydrogen) atoms. The van der Waals surface area contributed by atoms with Crippen molar-refractivity contribution in [2.24, 2.45) is 0 Å². The number of rotatable bonds is 9. The maximum absolute atomic E-state index is 14.0. The molecule has 1 N–H and O–H groups in total. The molecule has 5 rings (SSSR count). The standard InChI is InChI=1S/C31H37ClN4O3S2/c1-22-9-8-10-23(19-22)21-40-31-33-20-28(32)29(35-31)30(37)34-24-15-17-27(18-16-24)41(38,39)36(25-11-4-2-5-12-25)26-13-6-3-7-14-26/h8-10,15-20,25-26H,2-7,11-14,21H2,1H3,(H,34,37). The highest BCUT2D eigenvalue weighted by Gasteiger charge is 2.38. The fourth-order valence-electron chi connectivity index (χ4n) is 5.91. The van der Waals surface area contributed by atoms with Crippen LogP contribution in [-0.2, 0) is 15.8 Å². The summed E-state index contributed by atoms with van der Waals surface area (Å²) in [5, 5.41) is 3.41. The number of carbonyl (C=O) groups is 1. The molecule has 218 valence electrons. The molecule has 2 aromatic carbocycles. The van der Waals surface area contributed by atoms with Crippen molar-refractivity contribution in [1.82, 2.24) is 14.3 Å². The first-order valence-corrected chi connectivity index (χ1v) is 17.3. The number of hydrogen-bond acceptors (Lipinski definition) is 6. The molecular weight excluding hydrogens is 576 g/mol. The number of anilines is 1. The lowest BCUT2D eigenvalue weighted by Crippen LogP contribution is -2.48. The van der Waals surface area contributed by atoms with Crippen LogP contribution in [0.2, 0.25) is 5.02 Å². The summed E-state index contributed by atoms with van der Waals surface area (Å²) in [7, 11) is -3.67. The van der Waals surface area contributed by atoms with Crippen LogP contribution >= 0.6 is 23.4 Å². The molecule has 1 aromatic heterocycles. The van der Waals surface area contributed by atoms with E-state index in [0.29, 0.717) is 16.6 Å². The van der Waals surface area contributed by atoms with E-state index >= 15 is 0 Å². The van der Waals surface area contributed by atoms with Crippen molar-refractivity contribution >= 4 is 45.0 Å². The number of amides is 1. The van der Waals surface area contributed by atoms with E-state index in [1.54, 1.807) is 24.3 Å². The lowest BCUT2D eigenvalue weighted by Gasteiger charge is -2.40. The Morgan fingerprint density at radius 1 is 0.976 bits per heavy atom. The van der Waals surface area contributed by atoms with Crippen LogP contribution in [0, 0.1) is 6.92 Å². The summed E-state index contributed by atoms with van der Waals surface area (Å²) in [6.45, 7) is 2.04. The molecular formula is C31H37ClN4O3S2. The van der Waals surface area contributed by atoms with Crippen molar-refractivity contribution < 1.29 is 13.2 Å². The van der Waals surface area contributed by atoms with Gasteiger partial charge in [-0.2, -0.15) is 4.31 Å². The van der Waals surface area contributed by atoms with E-state index in [1.165, 1.54) is 36.4 Å². The third kappa shape index (κ3) is 7.49. The van der Waals surface area contributed by atoms with Gasteiger partial charge in [-0.3, -0.25) is 4.79 Å². The molecule has 0 atom stereocenters. The number of nitrogens with one attached hydrogen (secondary N) is 1. The molecule has 1 heterocycles. The van der Waals surface area contributed by atoms with E-state index in [0.717, 1.165) is 56.9 Å². The number of halogens is 1.